The fraction of sp³-hybridized carbons (Fsp3) is 0.400. The molecule has 0 heterocycles. The van der Waals surface area contributed by atoms with Crippen molar-refractivity contribution >= 4 is 23.8 Å². The Labute approximate surface area is 98.7 Å². The Balaban J connectivity index is 0. The Kier molecular flexibility index (Phi) is 7.00. The molecule has 1 aromatic carbocycles. The highest BCUT2D eigenvalue weighted by atomic mass is 35.5. The van der Waals surface area contributed by atoms with Crippen LogP contribution in [0.1, 0.15) is 0 Å². The molecule has 4 heteroatoms. The van der Waals surface area contributed by atoms with Crippen molar-refractivity contribution in [3.05, 3.63) is 24.3 Å². The number of hydrogen-bond acceptors (Lipinski definition) is 1. The maximum absolute atomic E-state index is 3.10. The molecule has 14 heavy (non-hydrogen) atoms. The fourth-order valence-electron chi connectivity index (χ4n) is 1.08. The first kappa shape index (κ1) is 16.0. The predicted octanol–water partition coefficient (Wildman–Crippen LogP) is -0.649. The van der Waals surface area contributed by atoms with Crippen LogP contribution in [0, 0.1) is 0 Å². The highest BCUT2D eigenvalue weighted by Gasteiger charge is 2.10. The van der Waals surface area contributed by atoms with Gasteiger partial charge in [-0.05, 0) is 12.1 Å². The Hall–Kier alpha value is -0.440. The summed E-state index contributed by atoms with van der Waals surface area (Å²) >= 11 is 0. The lowest BCUT2D eigenvalue weighted by Crippen LogP contribution is -3.00. The fourth-order valence-corrected chi connectivity index (χ4v) is 1.08. The molecule has 0 saturated heterocycles. The number of quaternary nitrogens is 1. The lowest BCUT2D eigenvalue weighted by molar-refractivity contribution is -0.00000295. The molecule has 82 valence electrons. The number of nitrogens with one attached hydrogen (secondary N) is 1. The van der Waals surface area contributed by atoms with Gasteiger partial charge in [-0.25, -0.2) is 0 Å². The number of rotatable bonds is 2. The van der Waals surface area contributed by atoms with Crippen LogP contribution in [0.15, 0.2) is 24.3 Å². The van der Waals surface area contributed by atoms with Gasteiger partial charge in [-0.2, -0.15) is 0 Å². The van der Waals surface area contributed by atoms with Gasteiger partial charge >= 0.3 is 0 Å². The zero-order valence-corrected chi connectivity index (χ0v) is 10.6. The van der Waals surface area contributed by atoms with Crippen LogP contribution >= 0.6 is 12.4 Å². The van der Waals surface area contributed by atoms with E-state index in [1.807, 2.05) is 7.05 Å². The van der Waals surface area contributed by atoms with Crippen LogP contribution in [0.3, 0.4) is 0 Å². The second kappa shape index (κ2) is 6.12. The van der Waals surface area contributed by atoms with Crippen LogP contribution in [0.25, 0.3) is 0 Å². The van der Waals surface area contributed by atoms with Crippen molar-refractivity contribution in [1.29, 1.82) is 0 Å². The average Bonchev–Trinajstić information content (AvgIpc) is 2.03. The zero-order chi connectivity index (χ0) is 9.19. The van der Waals surface area contributed by atoms with Crippen LogP contribution in [0.5, 0.6) is 0 Å². The molecular formula is C10H18Cl2N2. The van der Waals surface area contributed by atoms with Gasteiger partial charge in [0.15, 0.2) is 0 Å². The predicted molar refractivity (Wildman–Crippen MR) is 62.8 cm³/mol. The van der Waals surface area contributed by atoms with E-state index in [9.17, 15) is 0 Å². The second-order valence-corrected chi connectivity index (χ2v) is 3.81. The lowest BCUT2D eigenvalue weighted by atomic mass is 10.2. The van der Waals surface area contributed by atoms with E-state index in [2.05, 4.69) is 50.7 Å². The third kappa shape index (κ3) is 4.18. The van der Waals surface area contributed by atoms with Crippen molar-refractivity contribution in [1.82, 2.24) is 4.48 Å². The number of anilines is 1. The van der Waals surface area contributed by atoms with Gasteiger partial charge in [0.2, 0.25) is 0 Å². The number of benzene rings is 1. The number of nitrogens with zero attached hydrogens (tertiary/aromatic N) is 1. The molecule has 0 aliphatic rings. The molecule has 0 fully saturated rings. The molecule has 1 aromatic rings. The Morgan fingerprint density at radius 3 is 1.71 bits per heavy atom. The van der Waals surface area contributed by atoms with E-state index in [1.54, 1.807) is 0 Å². The molecule has 0 amide bonds. The van der Waals surface area contributed by atoms with Crippen molar-refractivity contribution in [2.24, 2.45) is 0 Å². The van der Waals surface area contributed by atoms with Crippen molar-refractivity contribution in [3.8, 4) is 0 Å². The Morgan fingerprint density at radius 1 is 1.00 bits per heavy atom. The van der Waals surface area contributed by atoms with E-state index in [1.165, 1.54) is 5.69 Å². The molecule has 0 aromatic heterocycles. The first-order valence-corrected chi connectivity index (χ1v) is 4.14. The monoisotopic (exact) mass is 236 g/mol. The quantitative estimate of drug-likeness (QED) is 0.674. The molecule has 0 saturated carbocycles. The summed E-state index contributed by atoms with van der Waals surface area (Å²) in [5.41, 5.74) is 2.47. The topological polar surface area (TPSA) is 12.0 Å². The van der Waals surface area contributed by atoms with Gasteiger partial charge in [-0.15, -0.1) is 12.4 Å². The third-order valence-electron chi connectivity index (χ3n) is 1.93. The lowest BCUT2D eigenvalue weighted by Gasteiger charge is -2.23. The minimum absolute atomic E-state index is 0. The minimum Gasteiger partial charge on any atom is -1.00 e. The van der Waals surface area contributed by atoms with Gasteiger partial charge in [0.1, 0.15) is 5.69 Å². The third-order valence-corrected chi connectivity index (χ3v) is 1.93. The molecule has 0 radical (unpaired) electrons. The molecule has 0 aliphatic carbocycles. The normalized spacial score (nSPS) is 9.71. The summed E-state index contributed by atoms with van der Waals surface area (Å²) < 4.78 is 0.865. The zero-order valence-electron chi connectivity index (χ0n) is 9.04. The summed E-state index contributed by atoms with van der Waals surface area (Å²) in [6.07, 6.45) is 0. The van der Waals surface area contributed by atoms with E-state index < -0.39 is 0 Å². The molecule has 0 spiro atoms. The second-order valence-electron chi connectivity index (χ2n) is 3.81. The Bertz CT molecular complexity index is 252. The van der Waals surface area contributed by atoms with E-state index in [4.69, 9.17) is 0 Å². The Morgan fingerprint density at radius 2 is 1.43 bits per heavy atom. The summed E-state index contributed by atoms with van der Waals surface area (Å²) in [7, 11) is 8.41. The number of hydrogen-bond donors (Lipinski definition) is 1. The van der Waals surface area contributed by atoms with Crippen molar-refractivity contribution in [2.75, 3.05) is 33.5 Å². The summed E-state index contributed by atoms with van der Waals surface area (Å²) in [5.74, 6) is 0. The van der Waals surface area contributed by atoms with Crippen LogP contribution < -0.4 is 22.2 Å². The van der Waals surface area contributed by atoms with Crippen LogP contribution in [-0.4, -0.2) is 28.2 Å². The molecule has 1 rings (SSSR count). The largest absolute Gasteiger partial charge is 1.00 e. The van der Waals surface area contributed by atoms with Gasteiger partial charge in [-0.1, -0.05) is 0 Å². The first-order valence-electron chi connectivity index (χ1n) is 4.14. The highest BCUT2D eigenvalue weighted by Crippen LogP contribution is 2.18. The van der Waals surface area contributed by atoms with Crippen molar-refractivity contribution < 1.29 is 12.4 Å². The summed E-state index contributed by atoms with van der Waals surface area (Å²) in [6, 6.07) is 8.48. The molecule has 0 atom stereocenters. The van der Waals surface area contributed by atoms with E-state index in [-0.39, 0.29) is 24.8 Å². The maximum atomic E-state index is 3.10. The molecule has 1 N–H and O–H groups in total. The average molecular weight is 237 g/mol. The van der Waals surface area contributed by atoms with E-state index >= 15 is 0 Å². The van der Waals surface area contributed by atoms with Gasteiger partial charge in [0.25, 0.3) is 0 Å². The first-order chi connectivity index (χ1) is 5.54. The maximum Gasteiger partial charge on any atom is 0.132 e. The standard InChI is InChI=1S/C10H17N2.2ClH/c1-11-9-5-7-10(8-6-9)12(2,3)4;;/h5-8,11H,1-4H3;2*1H/q+1;;/p-1. The molecule has 0 bridgehead atoms. The van der Waals surface area contributed by atoms with Crippen LogP contribution in [0.4, 0.5) is 11.4 Å². The summed E-state index contributed by atoms with van der Waals surface area (Å²) in [5, 5.41) is 3.10. The van der Waals surface area contributed by atoms with Gasteiger partial charge in [-0.3, -0.25) is 4.48 Å². The van der Waals surface area contributed by atoms with Gasteiger partial charge < -0.3 is 17.7 Å². The number of halogens is 2. The smallest absolute Gasteiger partial charge is 0.132 e. The van der Waals surface area contributed by atoms with Crippen molar-refractivity contribution in [3.63, 3.8) is 0 Å². The van der Waals surface area contributed by atoms with E-state index in [0.717, 1.165) is 10.2 Å². The summed E-state index contributed by atoms with van der Waals surface area (Å²) in [6.45, 7) is 0. The van der Waals surface area contributed by atoms with E-state index in [0.29, 0.717) is 0 Å². The van der Waals surface area contributed by atoms with Crippen molar-refractivity contribution in [2.45, 2.75) is 0 Å². The SMILES string of the molecule is CNc1ccc([N+](C)(C)C)cc1.Cl.[Cl-]. The molecule has 2 nitrogen and oxygen atoms in total. The van der Waals surface area contributed by atoms with Crippen LogP contribution in [0.2, 0.25) is 0 Å². The molecule has 0 aliphatic heterocycles. The van der Waals surface area contributed by atoms with Gasteiger partial charge in [0.05, 0.1) is 21.1 Å². The van der Waals surface area contributed by atoms with Crippen LogP contribution in [-0.2, 0) is 0 Å². The minimum atomic E-state index is 0. The molecular weight excluding hydrogens is 219 g/mol. The molecule has 0 unspecified atom stereocenters. The van der Waals surface area contributed by atoms with Gasteiger partial charge in [0, 0.05) is 24.9 Å². The summed E-state index contributed by atoms with van der Waals surface area (Å²) in [4.78, 5) is 0. The highest BCUT2D eigenvalue weighted by molar-refractivity contribution is 5.85.